The second kappa shape index (κ2) is 7.04. The SMILES string of the molecule is Cc1cc(CNCC(C)C)cnc1N(C)CC(C)(C)O. The van der Waals surface area contributed by atoms with Crippen LogP contribution in [0.2, 0.25) is 0 Å². The molecule has 0 aliphatic heterocycles. The van der Waals surface area contributed by atoms with E-state index in [4.69, 9.17) is 0 Å². The Morgan fingerprint density at radius 1 is 1.40 bits per heavy atom. The third kappa shape index (κ3) is 5.88. The van der Waals surface area contributed by atoms with Crippen LogP contribution in [0.3, 0.4) is 0 Å². The highest BCUT2D eigenvalue weighted by Gasteiger charge is 2.17. The van der Waals surface area contributed by atoms with Crippen molar-refractivity contribution in [2.45, 2.75) is 46.8 Å². The first-order chi connectivity index (χ1) is 9.19. The maximum atomic E-state index is 9.88. The first kappa shape index (κ1) is 16.9. The van der Waals surface area contributed by atoms with E-state index in [-0.39, 0.29) is 0 Å². The monoisotopic (exact) mass is 279 g/mol. The van der Waals surface area contributed by atoms with E-state index < -0.39 is 5.60 Å². The Bertz CT molecular complexity index is 424. The summed E-state index contributed by atoms with van der Waals surface area (Å²) >= 11 is 0. The number of nitrogens with zero attached hydrogens (tertiary/aromatic N) is 2. The van der Waals surface area contributed by atoms with Gasteiger partial charge in [0, 0.05) is 26.3 Å². The molecular weight excluding hydrogens is 250 g/mol. The Labute approximate surface area is 123 Å². The number of hydrogen-bond acceptors (Lipinski definition) is 4. The highest BCUT2D eigenvalue weighted by molar-refractivity contribution is 5.47. The summed E-state index contributed by atoms with van der Waals surface area (Å²) < 4.78 is 0. The average molecular weight is 279 g/mol. The lowest BCUT2D eigenvalue weighted by Crippen LogP contribution is -2.37. The molecule has 1 aromatic rings. The molecule has 0 saturated heterocycles. The molecule has 4 nitrogen and oxygen atoms in total. The average Bonchev–Trinajstić information content (AvgIpc) is 2.25. The van der Waals surface area contributed by atoms with Crippen LogP contribution in [-0.2, 0) is 6.54 Å². The summed E-state index contributed by atoms with van der Waals surface area (Å²) in [6.45, 7) is 12.5. The van der Waals surface area contributed by atoms with Crippen LogP contribution in [0.15, 0.2) is 12.3 Å². The zero-order valence-electron chi connectivity index (χ0n) is 13.7. The molecule has 114 valence electrons. The van der Waals surface area contributed by atoms with Gasteiger partial charge < -0.3 is 15.3 Å². The van der Waals surface area contributed by atoms with E-state index in [1.165, 1.54) is 5.56 Å². The Kier molecular flexibility index (Phi) is 5.96. The van der Waals surface area contributed by atoms with Crippen LogP contribution in [0.4, 0.5) is 5.82 Å². The molecular formula is C16H29N3O. The zero-order chi connectivity index (χ0) is 15.3. The predicted octanol–water partition coefficient (Wildman–Crippen LogP) is 2.34. The molecule has 1 aromatic heterocycles. The minimum Gasteiger partial charge on any atom is -0.389 e. The lowest BCUT2D eigenvalue weighted by Gasteiger charge is -2.27. The molecule has 0 radical (unpaired) electrons. The fourth-order valence-electron chi connectivity index (χ4n) is 2.28. The van der Waals surface area contributed by atoms with Gasteiger partial charge in [0.1, 0.15) is 5.82 Å². The van der Waals surface area contributed by atoms with Gasteiger partial charge in [-0.15, -0.1) is 0 Å². The van der Waals surface area contributed by atoms with Gasteiger partial charge in [0.25, 0.3) is 0 Å². The number of rotatable bonds is 7. The van der Waals surface area contributed by atoms with Crippen LogP contribution in [-0.4, -0.2) is 35.8 Å². The summed E-state index contributed by atoms with van der Waals surface area (Å²) in [6.07, 6.45) is 1.91. The van der Waals surface area contributed by atoms with Gasteiger partial charge >= 0.3 is 0 Å². The van der Waals surface area contributed by atoms with Crippen molar-refractivity contribution in [3.63, 3.8) is 0 Å². The van der Waals surface area contributed by atoms with Crippen LogP contribution >= 0.6 is 0 Å². The van der Waals surface area contributed by atoms with Crippen LogP contribution in [0.5, 0.6) is 0 Å². The first-order valence-electron chi connectivity index (χ1n) is 7.29. The van der Waals surface area contributed by atoms with E-state index >= 15 is 0 Å². The number of pyridine rings is 1. The number of aliphatic hydroxyl groups is 1. The molecule has 1 rings (SSSR count). The molecule has 2 N–H and O–H groups in total. The molecule has 0 aliphatic carbocycles. The molecule has 0 bridgehead atoms. The number of anilines is 1. The molecule has 4 heteroatoms. The van der Waals surface area contributed by atoms with Crippen LogP contribution in [0.25, 0.3) is 0 Å². The Morgan fingerprint density at radius 2 is 2.05 bits per heavy atom. The van der Waals surface area contributed by atoms with Crippen molar-refractivity contribution < 1.29 is 5.11 Å². The van der Waals surface area contributed by atoms with E-state index in [0.29, 0.717) is 12.5 Å². The molecule has 0 amide bonds. The highest BCUT2D eigenvalue weighted by Crippen LogP contribution is 2.18. The third-order valence-corrected chi connectivity index (χ3v) is 2.97. The number of nitrogens with one attached hydrogen (secondary N) is 1. The van der Waals surface area contributed by atoms with Gasteiger partial charge in [-0.05, 0) is 50.4 Å². The summed E-state index contributed by atoms with van der Waals surface area (Å²) in [5.74, 6) is 1.58. The van der Waals surface area contributed by atoms with Crippen molar-refractivity contribution in [3.8, 4) is 0 Å². The topological polar surface area (TPSA) is 48.4 Å². The van der Waals surface area contributed by atoms with Gasteiger partial charge in [-0.3, -0.25) is 0 Å². The van der Waals surface area contributed by atoms with Crippen LogP contribution in [0.1, 0.15) is 38.8 Å². The maximum Gasteiger partial charge on any atom is 0.131 e. The van der Waals surface area contributed by atoms with Gasteiger partial charge in [-0.25, -0.2) is 4.98 Å². The predicted molar refractivity (Wildman–Crippen MR) is 85.1 cm³/mol. The zero-order valence-corrected chi connectivity index (χ0v) is 13.7. The normalized spacial score (nSPS) is 12.0. The van der Waals surface area contributed by atoms with Gasteiger partial charge in [0.05, 0.1) is 5.60 Å². The number of likely N-dealkylation sites (N-methyl/N-ethyl adjacent to an activating group) is 1. The van der Waals surface area contributed by atoms with Crippen molar-refractivity contribution in [1.82, 2.24) is 10.3 Å². The molecule has 0 spiro atoms. The largest absolute Gasteiger partial charge is 0.389 e. The molecule has 0 unspecified atom stereocenters. The molecule has 20 heavy (non-hydrogen) atoms. The number of aryl methyl sites for hydroxylation is 1. The molecule has 0 atom stereocenters. The fraction of sp³-hybridized carbons (Fsp3) is 0.688. The number of aromatic nitrogens is 1. The summed E-state index contributed by atoms with van der Waals surface area (Å²) in [6, 6.07) is 2.16. The summed E-state index contributed by atoms with van der Waals surface area (Å²) in [5, 5.41) is 13.3. The molecule has 0 aliphatic rings. The van der Waals surface area contributed by atoms with Crippen LogP contribution in [0, 0.1) is 12.8 Å². The van der Waals surface area contributed by atoms with Gasteiger partial charge in [-0.2, -0.15) is 0 Å². The lowest BCUT2D eigenvalue weighted by molar-refractivity contribution is 0.0884. The van der Waals surface area contributed by atoms with Gasteiger partial charge in [0.15, 0.2) is 0 Å². The molecule has 0 aromatic carbocycles. The summed E-state index contributed by atoms with van der Waals surface area (Å²) in [7, 11) is 1.96. The smallest absolute Gasteiger partial charge is 0.131 e. The Morgan fingerprint density at radius 3 is 2.55 bits per heavy atom. The van der Waals surface area contributed by atoms with Crippen molar-refractivity contribution in [1.29, 1.82) is 0 Å². The van der Waals surface area contributed by atoms with E-state index in [0.717, 1.165) is 24.5 Å². The fourth-order valence-corrected chi connectivity index (χ4v) is 2.28. The number of hydrogen-bond donors (Lipinski definition) is 2. The Balaban J connectivity index is 2.68. The van der Waals surface area contributed by atoms with Crippen molar-refractivity contribution in [3.05, 3.63) is 23.4 Å². The van der Waals surface area contributed by atoms with Gasteiger partial charge in [0.2, 0.25) is 0 Å². The minimum absolute atomic E-state index is 0.561. The third-order valence-electron chi connectivity index (χ3n) is 2.97. The minimum atomic E-state index is -0.722. The molecule has 0 fully saturated rings. The summed E-state index contributed by atoms with van der Waals surface area (Å²) in [5.41, 5.74) is 1.62. The van der Waals surface area contributed by atoms with Crippen molar-refractivity contribution in [2.75, 3.05) is 25.0 Å². The standard InChI is InChI=1S/C16H29N3O/c1-12(2)8-17-9-14-7-13(3)15(18-10-14)19(6)11-16(4,5)20/h7,10,12,17,20H,8-9,11H2,1-6H3. The quantitative estimate of drug-likeness (QED) is 0.804. The van der Waals surface area contributed by atoms with E-state index in [2.05, 4.69) is 37.1 Å². The maximum absolute atomic E-state index is 9.88. The molecule has 1 heterocycles. The van der Waals surface area contributed by atoms with E-state index in [1.54, 1.807) is 0 Å². The van der Waals surface area contributed by atoms with Gasteiger partial charge in [-0.1, -0.05) is 13.8 Å². The Hall–Kier alpha value is -1.13. The lowest BCUT2D eigenvalue weighted by atomic mass is 10.1. The highest BCUT2D eigenvalue weighted by atomic mass is 16.3. The van der Waals surface area contributed by atoms with E-state index in [1.807, 2.05) is 32.0 Å². The van der Waals surface area contributed by atoms with Crippen molar-refractivity contribution in [2.24, 2.45) is 5.92 Å². The second-order valence-electron chi connectivity index (χ2n) is 6.68. The van der Waals surface area contributed by atoms with Crippen LogP contribution < -0.4 is 10.2 Å². The first-order valence-corrected chi connectivity index (χ1v) is 7.29. The molecule has 0 saturated carbocycles. The van der Waals surface area contributed by atoms with Crippen molar-refractivity contribution >= 4 is 5.82 Å². The summed E-state index contributed by atoms with van der Waals surface area (Å²) in [4.78, 5) is 6.54. The van der Waals surface area contributed by atoms with E-state index in [9.17, 15) is 5.11 Å². The second-order valence-corrected chi connectivity index (χ2v) is 6.68.